The summed E-state index contributed by atoms with van der Waals surface area (Å²) in [6.45, 7) is 3.54. The third-order valence-electron chi connectivity index (χ3n) is 8.24. The van der Waals surface area contributed by atoms with E-state index in [1.54, 1.807) is 72.5 Å². The maximum atomic E-state index is 13.7. The van der Waals surface area contributed by atoms with Gasteiger partial charge in [-0.05, 0) is 79.7 Å². The van der Waals surface area contributed by atoms with Crippen molar-refractivity contribution in [3.63, 3.8) is 0 Å². The minimum atomic E-state index is -3.95. The zero-order valence-electron chi connectivity index (χ0n) is 27.7. The second-order valence-corrected chi connectivity index (χ2v) is 15.0. The summed E-state index contributed by atoms with van der Waals surface area (Å²) >= 11 is 12.1. The Morgan fingerprint density at radius 2 is 1.62 bits per heavy atom. The monoisotopic (exact) mass is 740 g/mol. The van der Waals surface area contributed by atoms with E-state index >= 15 is 0 Å². The Morgan fingerprint density at radius 3 is 2.28 bits per heavy atom. The number of carbonyl (C=O) groups excluding carboxylic acids is 2. The maximum absolute atomic E-state index is 13.7. The third-order valence-corrected chi connectivity index (χ3v) is 10.5. The van der Waals surface area contributed by atoms with Gasteiger partial charge in [0.2, 0.25) is 15.9 Å². The number of hydrogen-bond donors (Lipinski definition) is 3. The van der Waals surface area contributed by atoms with Gasteiger partial charge in [0.05, 0.1) is 30.5 Å². The van der Waals surface area contributed by atoms with Gasteiger partial charge in [-0.1, -0.05) is 48.3 Å². The molecule has 4 aromatic carbocycles. The Hall–Kier alpha value is -4.33. The Morgan fingerprint density at radius 1 is 0.980 bits per heavy atom. The number of benzene rings is 4. The van der Waals surface area contributed by atoms with Gasteiger partial charge in [0.25, 0.3) is 0 Å². The first-order valence-electron chi connectivity index (χ1n) is 15.9. The topological polar surface area (TPSA) is 138 Å². The quantitative estimate of drug-likeness (QED) is 0.161. The minimum absolute atomic E-state index is 0.0364. The summed E-state index contributed by atoms with van der Waals surface area (Å²) in [5.41, 5.74) is 1.25. The molecule has 5 rings (SSSR count). The lowest BCUT2D eigenvalue weighted by molar-refractivity contribution is -0.134. The number of fused-ring (bicyclic) bond motifs is 1. The van der Waals surface area contributed by atoms with E-state index in [1.165, 1.54) is 23.5 Å². The van der Waals surface area contributed by atoms with Gasteiger partial charge >= 0.3 is 6.03 Å². The van der Waals surface area contributed by atoms with Crippen LogP contribution in [0.3, 0.4) is 0 Å². The molecule has 0 fully saturated rings. The van der Waals surface area contributed by atoms with Gasteiger partial charge in [-0.25, -0.2) is 13.2 Å². The van der Waals surface area contributed by atoms with Crippen molar-refractivity contribution in [3.05, 3.63) is 107 Å². The standard InChI is InChI=1S/C36H38Cl2N4O7S/c1-23-20-42(24(2)22-43)35(44)16-25-15-28(39-36(45)40-29-18-26(37)17-27(38)19-29)9-14-33(25)49-34(23)21-41(3)50(46,47)32-12-10-31(11-13-32)48-30-7-5-4-6-8-30/h4-15,17-19,23-24,34,43H,16,20-22H2,1-3H3,(H2,39,40,45)/t23-,24-,34-/m0/s1. The molecule has 1 aliphatic rings. The van der Waals surface area contributed by atoms with Crippen molar-refractivity contribution < 1.29 is 32.6 Å². The van der Waals surface area contributed by atoms with E-state index in [0.717, 1.165) is 0 Å². The Kier molecular flexibility index (Phi) is 11.9. The van der Waals surface area contributed by atoms with Crippen molar-refractivity contribution in [3.8, 4) is 17.2 Å². The number of sulfonamides is 1. The molecule has 3 amide bonds. The van der Waals surface area contributed by atoms with E-state index in [9.17, 15) is 23.1 Å². The van der Waals surface area contributed by atoms with Crippen LogP contribution in [-0.4, -0.2) is 73.6 Å². The first kappa shape index (κ1) is 36.9. The van der Waals surface area contributed by atoms with E-state index < -0.39 is 28.2 Å². The fourth-order valence-electron chi connectivity index (χ4n) is 5.48. The summed E-state index contributed by atoms with van der Waals surface area (Å²) in [4.78, 5) is 28.1. The zero-order chi connectivity index (χ0) is 36.0. The van der Waals surface area contributed by atoms with Gasteiger partial charge in [0.1, 0.15) is 23.4 Å². The second-order valence-electron chi connectivity index (χ2n) is 12.1. The predicted molar refractivity (Wildman–Crippen MR) is 194 cm³/mol. The summed E-state index contributed by atoms with van der Waals surface area (Å²) < 4.78 is 40.9. The highest BCUT2D eigenvalue weighted by Gasteiger charge is 2.33. The molecule has 0 spiro atoms. The Bertz CT molecular complexity index is 1910. The summed E-state index contributed by atoms with van der Waals surface area (Å²) in [5.74, 6) is 0.896. The molecule has 264 valence electrons. The van der Waals surface area contributed by atoms with Gasteiger partial charge < -0.3 is 30.1 Å². The molecule has 0 aromatic heterocycles. The normalized spacial score (nSPS) is 17.1. The minimum Gasteiger partial charge on any atom is -0.488 e. The van der Waals surface area contributed by atoms with Gasteiger partial charge in [0.15, 0.2) is 0 Å². The highest BCUT2D eigenvalue weighted by molar-refractivity contribution is 7.89. The van der Waals surface area contributed by atoms with Gasteiger partial charge in [-0.15, -0.1) is 0 Å². The number of likely N-dealkylation sites (N-methyl/N-ethyl adjacent to an activating group) is 1. The summed E-state index contributed by atoms with van der Waals surface area (Å²) in [6, 6.07) is 23.8. The van der Waals surface area contributed by atoms with E-state index in [-0.39, 0.29) is 42.8 Å². The van der Waals surface area contributed by atoms with E-state index in [4.69, 9.17) is 32.7 Å². The fraction of sp³-hybridized carbons (Fsp3) is 0.278. The molecule has 0 unspecified atom stereocenters. The number of anilines is 2. The van der Waals surface area contributed by atoms with Crippen LogP contribution < -0.4 is 20.1 Å². The van der Waals surface area contributed by atoms with Crippen LogP contribution in [0.5, 0.6) is 17.2 Å². The number of halogens is 2. The molecule has 0 aliphatic carbocycles. The van der Waals surface area contributed by atoms with Crippen molar-refractivity contribution in [1.29, 1.82) is 0 Å². The maximum Gasteiger partial charge on any atom is 0.323 e. The van der Waals surface area contributed by atoms with Crippen molar-refractivity contribution in [2.24, 2.45) is 5.92 Å². The fourth-order valence-corrected chi connectivity index (χ4v) is 7.19. The third kappa shape index (κ3) is 9.26. The number of para-hydroxylation sites is 1. The van der Waals surface area contributed by atoms with Crippen LogP contribution in [0.2, 0.25) is 10.0 Å². The number of amides is 3. The summed E-state index contributed by atoms with van der Waals surface area (Å²) in [6.07, 6.45) is -0.769. The number of rotatable bonds is 10. The first-order chi connectivity index (χ1) is 23.8. The molecular formula is C36H38Cl2N4O7S. The molecule has 1 aliphatic heterocycles. The van der Waals surface area contributed by atoms with E-state index in [1.807, 2.05) is 25.1 Å². The number of nitrogens with one attached hydrogen (secondary N) is 2. The molecule has 0 saturated carbocycles. The van der Waals surface area contributed by atoms with Crippen LogP contribution in [0.1, 0.15) is 19.4 Å². The molecule has 4 aromatic rings. The van der Waals surface area contributed by atoms with E-state index in [0.29, 0.717) is 44.2 Å². The van der Waals surface area contributed by atoms with Crippen LogP contribution in [-0.2, 0) is 21.2 Å². The first-order valence-corrected chi connectivity index (χ1v) is 18.1. The Labute approximate surface area is 301 Å². The molecule has 1 heterocycles. The highest BCUT2D eigenvalue weighted by atomic mass is 35.5. The highest BCUT2D eigenvalue weighted by Crippen LogP contribution is 2.31. The molecule has 0 radical (unpaired) electrons. The number of nitrogens with zero attached hydrogens (tertiary/aromatic N) is 2. The number of aliphatic hydroxyl groups excluding tert-OH is 1. The second kappa shape index (κ2) is 16.1. The van der Waals surface area contributed by atoms with Gasteiger partial charge in [-0.3, -0.25) is 4.79 Å². The van der Waals surface area contributed by atoms with Crippen LogP contribution >= 0.6 is 23.2 Å². The zero-order valence-corrected chi connectivity index (χ0v) is 30.0. The molecular weight excluding hydrogens is 703 g/mol. The lowest BCUT2D eigenvalue weighted by atomic mass is 10.0. The molecule has 11 nitrogen and oxygen atoms in total. The number of hydrogen-bond acceptors (Lipinski definition) is 7. The number of carbonyl (C=O) groups is 2. The predicted octanol–water partition coefficient (Wildman–Crippen LogP) is 6.90. The van der Waals surface area contributed by atoms with Crippen molar-refractivity contribution in [2.45, 2.75) is 37.3 Å². The smallest absolute Gasteiger partial charge is 0.323 e. The number of ether oxygens (including phenoxy) is 2. The summed E-state index contributed by atoms with van der Waals surface area (Å²) in [5, 5.41) is 16.1. The lowest BCUT2D eigenvalue weighted by Gasteiger charge is -2.33. The van der Waals surface area contributed by atoms with Gasteiger partial charge in [-0.2, -0.15) is 4.31 Å². The van der Waals surface area contributed by atoms with E-state index in [2.05, 4.69) is 10.6 Å². The van der Waals surface area contributed by atoms with Crippen LogP contribution in [0, 0.1) is 5.92 Å². The molecule has 0 saturated heterocycles. The van der Waals surface area contributed by atoms with Crippen LogP contribution in [0.15, 0.2) is 95.9 Å². The molecule has 0 bridgehead atoms. The Balaban J connectivity index is 1.36. The average molecular weight is 742 g/mol. The van der Waals surface area contributed by atoms with Crippen LogP contribution in [0.25, 0.3) is 0 Å². The number of aliphatic hydroxyl groups is 1. The lowest BCUT2D eigenvalue weighted by Crippen LogP contribution is -2.48. The molecule has 50 heavy (non-hydrogen) atoms. The average Bonchev–Trinajstić information content (AvgIpc) is 3.11. The summed E-state index contributed by atoms with van der Waals surface area (Å²) in [7, 11) is -2.47. The largest absolute Gasteiger partial charge is 0.488 e. The molecule has 3 atom stereocenters. The molecule has 3 N–H and O–H groups in total. The van der Waals surface area contributed by atoms with Crippen molar-refractivity contribution in [2.75, 3.05) is 37.4 Å². The van der Waals surface area contributed by atoms with Gasteiger partial charge in [0, 0.05) is 46.5 Å². The SMILES string of the molecule is C[C@H]1CN([C@@H](C)CO)C(=O)Cc2cc(NC(=O)Nc3cc(Cl)cc(Cl)c3)ccc2O[C@H]1CN(C)S(=O)(=O)c1ccc(Oc2ccccc2)cc1. The van der Waals surface area contributed by atoms with Crippen molar-refractivity contribution in [1.82, 2.24) is 9.21 Å². The van der Waals surface area contributed by atoms with Crippen molar-refractivity contribution >= 4 is 56.5 Å². The number of urea groups is 1. The van der Waals surface area contributed by atoms with Crippen LogP contribution in [0.4, 0.5) is 16.2 Å². The molecule has 14 heteroatoms.